The third-order valence-electron chi connectivity index (χ3n) is 3.46. The highest BCUT2D eigenvalue weighted by atomic mass is 19.4. The first kappa shape index (κ1) is 18.8. The van der Waals surface area contributed by atoms with Gasteiger partial charge in [0.15, 0.2) is 5.96 Å². The molecule has 2 aromatic rings. The second-order valence-electron chi connectivity index (χ2n) is 5.27. The van der Waals surface area contributed by atoms with Crippen molar-refractivity contribution in [3.8, 4) is 0 Å². The van der Waals surface area contributed by atoms with Gasteiger partial charge in [-0.15, -0.1) is 0 Å². The summed E-state index contributed by atoms with van der Waals surface area (Å²) in [6.07, 6.45) is -0.304. The van der Waals surface area contributed by atoms with Crippen molar-refractivity contribution in [3.05, 3.63) is 53.6 Å². The predicted molar refractivity (Wildman–Crippen MR) is 86.4 cm³/mol. The van der Waals surface area contributed by atoms with Crippen molar-refractivity contribution >= 4 is 5.96 Å². The van der Waals surface area contributed by atoms with Gasteiger partial charge in [-0.1, -0.05) is 6.07 Å². The molecule has 0 fully saturated rings. The molecule has 2 N–H and O–H groups in total. The van der Waals surface area contributed by atoms with Crippen LogP contribution in [0.5, 0.6) is 0 Å². The minimum absolute atomic E-state index is 0.0478. The Balaban J connectivity index is 1.86. The van der Waals surface area contributed by atoms with Gasteiger partial charge >= 0.3 is 6.18 Å². The van der Waals surface area contributed by atoms with Gasteiger partial charge in [0.05, 0.1) is 5.56 Å². The predicted octanol–water partition coefficient (Wildman–Crippen LogP) is 2.80. The van der Waals surface area contributed by atoms with Crippen LogP contribution >= 0.6 is 0 Å². The largest absolute Gasteiger partial charge is 0.416 e. The SMILES string of the molecule is CN=C(NCCCn1cccn1)NCc1ccc(F)cc1C(F)(F)F. The zero-order valence-corrected chi connectivity index (χ0v) is 13.6. The van der Waals surface area contributed by atoms with Gasteiger partial charge in [-0.2, -0.15) is 18.3 Å². The molecule has 0 radical (unpaired) electrons. The Morgan fingerprint density at radius 2 is 2.08 bits per heavy atom. The van der Waals surface area contributed by atoms with Crippen LogP contribution in [0.2, 0.25) is 0 Å². The number of aryl methyl sites for hydroxylation is 1. The molecular formula is C16H19F4N5. The molecule has 1 aromatic heterocycles. The molecule has 1 heterocycles. The highest BCUT2D eigenvalue weighted by Crippen LogP contribution is 2.32. The lowest BCUT2D eigenvalue weighted by atomic mass is 10.1. The first-order valence-electron chi connectivity index (χ1n) is 7.67. The topological polar surface area (TPSA) is 54.2 Å². The Labute approximate surface area is 142 Å². The highest BCUT2D eigenvalue weighted by Gasteiger charge is 2.33. The number of halogens is 4. The summed E-state index contributed by atoms with van der Waals surface area (Å²) in [6, 6.07) is 4.45. The van der Waals surface area contributed by atoms with Gasteiger partial charge in [-0.3, -0.25) is 9.67 Å². The smallest absolute Gasteiger partial charge is 0.356 e. The van der Waals surface area contributed by atoms with Gasteiger partial charge in [0.25, 0.3) is 0 Å². The van der Waals surface area contributed by atoms with Crippen molar-refractivity contribution in [2.45, 2.75) is 25.7 Å². The summed E-state index contributed by atoms with van der Waals surface area (Å²) < 4.78 is 53.8. The quantitative estimate of drug-likeness (QED) is 0.362. The molecule has 0 atom stereocenters. The molecule has 1 aromatic carbocycles. The van der Waals surface area contributed by atoms with Gasteiger partial charge in [0.2, 0.25) is 0 Å². The maximum absolute atomic E-state index is 13.1. The monoisotopic (exact) mass is 357 g/mol. The fourth-order valence-electron chi connectivity index (χ4n) is 2.25. The summed E-state index contributed by atoms with van der Waals surface area (Å²) in [5, 5.41) is 9.89. The van der Waals surface area contributed by atoms with E-state index >= 15 is 0 Å². The molecule has 2 rings (SSSR count). The van der Waals surface area contributed by atoms with Crippen molar-refractivity contribution in [2.75, 3.05) is 13.6 Å². The molecule has 0 amide bonds. The second-order valence-corrected chi connectivity index (χ2v) is 5.27. The number of rotatable bonds is 6. The normalized spacial score (nSPS) is 12.3. The van der Waals surface area contributed by atoms with E-state index in [0.717, 1.165) is 18.6 Å². The van der Waals surface area contributed by atoms with E-state index in [2.05, 4.69) is 20.7 Å². The lowest BCUT2D eigenvalue weighted by Gasteiger charge is -2.16. The zero-order valence-electron chi connectivity index (χ0n) is 13.6. The molecular weight excluding hydrogens is 338 g/mol. The van der Waals surface area contributed by atoms with Gasteiger partial charge in [0, 0.05) is 39.1 Å². The molecule has 0 saturated carbocycles. The number of guanidine groups is 1. The molecule has 0 aliphatic heterocycles. The molecule has 0 aliphatic rings. The van der Waals surface area contributed by atoms with E-state index in [0.29, 0.717) is 25.1 Å². The molecule has 9 heteroatoms. The van der Waals surface area contributed by atoms with E-state index in [-0.39, 0.29) is 12.1 Å². The number of benzene rings is 1. The number of alkyl halides is 3. The van der Waals surface area contributed by atoms with Crippen LogP contribution in [0, 0.1) is 5.82 Å². The van der Waals surface area contributed by atoms with Gasteiger partial charge in [-0.05, 0) is 30.2 Å². The summed E-state index contributed by atoms with van der Waals surface area (Å²) >= 11 is 0. The second kappa shape index (κ2) is 8.50. The van der Waals surface area contributed by atoms with E-state index in [9.17, 15) is 17.6 Å². The van der Waals surface area contributed by atoms with E-state index < -0.39 is 17.6 Å². The number of hydrogen-bond acceptors (Lipinski definition) is 2. The van der Waals surface area contributed by atoms with Crippen LogP contribution in [0.3, 0.4) is 0 Å². The summed E-state index contributed by atoms with van der Waals surface area (Å²) in [7, 11) is 1.53. The first-order chi connectivity index (χ1) is 11.9. The van der Waals surface area contributed by atoms with Crippen molar-refractivity contribution < 1.29 is 17.6 Å². The molecule has 136 valence electrons. The minimum atomic E-state index is -4.61. The van der Waals surface area contributed by atoms with E-state index in [1.54, 1.807) is 10.9 Å². The lowest BCUT2D eigenvalue weighted by Crippen LogP contribution is -2.38. The standard InChI is InChI=1S/C16H19F4N5/c1-21-15(22-6-2-8-25-9-3-7-24-25)23-11-12-4-5-13(17)10-14(12)16(18,19)20/h3-5,7,9-10H,2,6,8,11H2,1H3,(H2,21,22,23). The molecule has 0 unspecified atom stereocenters. The maximum atomic E-state index is 13.1. The van der Waals surface area contributed by atoms with Crippen LogP contribution < -0.4 is 10.6 Å². The molecule has 5 nitrogen and oxygen atoms in total. The van der Waals surface area contributed by atoms with Gasteiger partial charge in [0.1, 0.15) is 5.82 Å². The molecule has 0 saturated heterocycles. The summed E-state index contributed by atoms with van der Waals surface area (Å²) in [4.78, 5) is 3.96. The molecule has 0 bridgehead atoms. The maximum Gasteiger partial charge on any atom is 0.416 e. The zero-order chi connectivity index (χ0) is 18.3. The first-order valence-corrected chi connectivity index (χ1v) is 7.67. The fourth-order valence-corrected chi connectivity index (χ4v) is 2.25. The van der Waals surface area contributed by atoms with Crippen LogP contribution in [-0.2, 0) is 19.3 Å². The van der Waals surface area contributed by atoms with Crippen LogP contribution in [0.1, 0.15) is 17.5 Å². The highest BCUT2D eigenvalue weighted by molar-refractivity contribution is 5.79. The van der Waals surface area contributed by atoms with Crippen LogP contribution in [0.15, 0.2) is 41.7 Å². The Hall–Kier alpha value is -2.58. The number of aliphatic imine (C=N–C) groups is 1. The Kier molecular flexibility index (Phi) is 6.37. The number of aromatic nitrogens is 2. The summed E-state index contributed by atoms with van der Waals surface area (Å²) in [5.41, 5.74) is -1.04. The Bertz CT molecular complexity index is 695. The Morgan fingerprint density at radius 3 is 2.72 bits per heavy atom. The third-order valence-corrected chi connectivity index (χ3v) is 3.46. The Morgan fingerprint density at radius 1 is 1.28 bits per heavy atom. The lowest BCUT2D eigenvalue weighted by molar-refractivity contribution is -0.138. The number of nitrogens with one attached hydrogen (secondary N) is 2. The van der Waals surface area contributed by atoms with Crippen LogP contribution in [0.4, 0.5) is 17.6 Å². The summed E-state index contributed by atoms with van der Waals surface area (Å²) in [6.45, 7) is 1.18. The number of nitrogens with zero attached hydrogens (tertiary/aromatic N) is 3. The molecule has 0 aliphatic carbocycles. The van der Waals surface area contributed by atoms with Crippen molar-refractivity contribution in [2.24, 2.45) is 4.99 Å². The van der Waals surface area contributed by atoms with Crippen molar-refractivity contribution in [3.63, 3.8) is 0 Å². The average molecular weight is 357 g/mol. The van der Waals surface area contributed by atoms with Crippen LogP contribution in [0.25, 0.3) is 0 Å². The van der Waals surface area contributed by atoms with Crippen molar-refractivity contribution in [1.82, 2.24) is 20.4 Å². The number of hydrogen-bond donors (Lipinski definition) is 2. The van der Waals surface area contributed by atoms with E-state index in [4.69, 9.17) is 0 Å². The van der Waals surface area contributed by atoms with Gasteiger partial charge < -0.3 is 10.6 Å². The molecule has 25 heavy (non-hydrogen) atoms. The van der Waals surface area contributed by atoms with E-state index in [1.807, 2.05) is 12.3 Å². The summed E-state index contributed by atoms with van der Waals surface area (Å²) in [5.74, 6) is -0.546. The fraction of sp³-hybridized carbons (Fsp3) is 0.375. The van der Waals surface area contributed by atoms with Gasteiger partial charge in [-0.25, -0.2) is 4.39 Å². The molecule has 0 spiro atoms. The minimum Gasteiger partial charge on any atom is -0.356 e. The van der Waals surface area contributed by atoms with Crippen molar-refractivity contribution in [1.29, 1.82) is 0 Å². The average Bonchev–Trinajstić information content (AvgIpc) is 3.07. The van der Waals surface area contributed by atoms with Crippen LogP contribution in [-0.4, -0.2) is 29.3 Å². The third kappa shape index (κ3) is 5.77. The van der Waals surface area contributed by atoms with E-state index in [1.165, 1.54) is 7.05 Å².